The van der Waals surface area contributed by atoms with Gasteiger partial charge in [-0.05, 0) is 32.0 Å². The van der Waals surface area contributed by atoms with Crippen LogP contribution in [0.5, 0.6) is 11.5 Å². The molecule has 0 spiro atoms. The Kier molecular flexibility index (Phi) is 5.45. The van der Waals surface area contributed by atoms with Gasteiger partial charge in [0.2, 0.25) is 0 Å². The fraction of sp³-hybridized carbons (Fsp3) is 0.462. The molecule has 5 nitrogen and oxygen atoms in total. The van der Waals surface area contributed by atoms with E-state index in [1.165, 1.54) is 7.11 Å². The Bertz CT molecular complexity index is 406. The van der Waals surface area contributed by atoms with E-state index in [2.05, 4.69) is 5.32 Å². The Morgan fingerprint density at radius 3 is 2.72 bits per heavy atom. The molecule has 0 aliphatic heterocycles. The molecule has 0 saturated heterocycles. The molecule has 1 rings (SSSR count). The summed E-state index contributed by atoms with van der Waals surface area (Å²) in [5.41, 5.74) is 0.468. The molecule has 18 heavy (non-hydrogen) atoms. The molecule has 1 aromatic carbocycles. The van der Waals surface area contributed by atoms with E-state index in [0.29, 0.717) is 23.7 Å². The number of rotatable bonds is 6. The van der Waals surface area contributed by atoms with Gasteiger partial charge in [0.25, 0.3) is 5.91 Å². The van der Waals surface area contributed by atoms with Crippen LogP contribution < -0.4 is 14.8 Å². The highest BCUT2D eigenvalue weighted by Crippen LogP contribution is 2.27. The standard InChI is InChI=1S/C13H19NO4/c1-4-18-11-6-5-10(7-12(11)17-3)13(16)14-9(2)8-15/h5-7,9,15H,4,8H2,1-3H3,(H,14,16). The van der Waals surface area contributed by atoms with Crippen LogP contribution in [0, 0.1) is 0 Å². The average Bonchev–Trinajstić information content (AvgIpc) is 2.39. The van der Waals surface area contributed by atoms with Crippen molar-refractivity contribution in [1.29, 1.82) is 0 Å². The Morgan fingerprint density at radius 2 is 2.17 bits per heavy atom. The maximum Gasteiger partial charge on any atom is 0.251 e. The minimum Gasteiger partial charge on any atom is -0.493 e. The first kappa shape index (κ1) is 14.3. The molecular formula is C13H19NO4. The number of hydrogen-bond donors (Lipinski definition) is 2. The van der Waals surface area contributed by atoms with Crippen LogP contribution in [0.15, 0.2) is 18.2 Å². The van der Waals surface area contributed by atoms with Crippen molar-refractivity contribution >= 4 is 5.91 Å². The molecule has 0 aliphatic rings. The minimum atomic E-state index is -0.282. The first-order valence-electron chi connectivity index (χ1n) is 5.84. The lowest BCUT2D eigenvalue weighted by Crippen LogP contribution is -2.34. The van der Waals surface area contributed by atoms with E-state index < -0.39 is 0 Å². The molecule has 2 N–H and O–H groups in total. The third-order valence-electron chi connectivity index (χ3n) is 2.38. The van der Waals surface area contributed by atoms with Gasteiger partial charge in [0.1, 0.15) is 0 Å². The van der Waals surface area contributed by atoms with Gasteiger partial charge in [-0.25, -0.2) is 0 Å². The van der Waals surface area contributed by atoms with Crippen molar-refractivity contribution in [3.8, 4) is 11.5 Å². The zero-order chi connectivity index (χ0) is 13.5. The van der Waals surface area contributed by atoms with Gasteiger partial charge in [0.05, 0.1) is 20.3 Å². The van der Waals surface area contributed by atoms with Gasteiger partial charge in [-0.2, -0.15) is 0 Å². The highest BCUT2D eigenvalue weighted by atomic mass is 16.5. The number of aliphatic hydroxyl groups excluding tert-OH is 1. The van der Waals surface area contributed by atoms with Gasteiger partial charge in [-0.15, -0.1) is 0 Å². The number of carbonyl (C=O) groups is 1. The Balaban J connectivity index is 2.87. The van der Waals surface area contributed by atoms with Gasteiger partial charge in [-0.3, -0.25) is 4.79 Å². The summed E-state index contributed by atoms with van der Waals surface area (Å²) < 4.78 is 10.5. The van der Waals surface area contributed by atoms with E-state index in [9.17, 15) is 4.79 Å². The lowest BCUT2D eigenvalue weighted by molar-refractivity contribution is 0.0922. The van der Waals surface area contributed by atoms with E-state index in [4.69, 9.17) is 14.6 Å². The number of ether oxygens (including phenoxy) is 2. The van der Waals surface area contributed by atoms with Crippen LogP contribution in [0.3, 0.4) is 0 Å². The van der Waals surface area contributed by atoms with Crippen LogP contribution in [0.1, 0.15) is 24.2 Å². The molecule has 0 saturated carbocycles. The molecule has 0 aliphatic carbocycles. The normalized spacial score (nSPS) is 11.8. The number of nitrogens with one attached hydrogen (secondary N) is 1. The monoisotopic (exact) mass is 253 g/mol. The molecule has 1 unspecified atom stereocenters. The maximum absolute atomic E-state index is 11.8. The molecular weight excluding hydrogens is 234 g/mol. The van der Waals surface area contributed by atoms with Crippen LogP contribution in [0.25, 0.3) is 0 Å². The van der Waals surface area contributed by atoms with E-state index in [1.54, 1.807) is 25.1 Å². The smallest absolute Gasteiger partial charge is 0.251 e. The average molecular weight is 253 g/mol. The van der Waals surface area contributed by atoms with Gasteiger partial charge in [-0.1, -0.05) is 0 Å². The molecule has 1 atom stereocenters. The summed E-state index contributed by atoms with van der Waals surface area (Å²) in [6.07, 6.45) is 0. The third kappa shape index (κ3) is 3.63. The highest BCUT2D eigenvalue weighted by molar-refractivity contribution is 5.95. The zero-order valence-corrected chi connectivity index (χ0v) is 10.9. The fourth-order valence-corrected chi connectivity index (χ4v) is 1.44. The van der Waals surface area contributed by atoms with Crippen molar-refractivity contribution in [2.75, 3.05) is 20.3 Å². The molecule has 0 bridgehead atoms. The Labute approximate surface area is 107 Å². The third-order valence-corrected chi connectivity index (χ3v) is 2.38. The SMILES string of the molecule is CCOc1ccc(C(=O)NC(C)CO)cc1OC. The lowest BCUT2D eigenvalue weighted by Gasteiger charge is -2.13. The molecule has 0 aromatic heterocycles. The zero-order valence-electron chi connectivity index (χ0n) is 10.9. The molecule has 1 aromatic rings. The van der Waals surface area contributed by atoms with Gasteiger partial charge < -0.3 is 19.9 Å². The predicted octanol–water partition coefficient (Wildman–Crippen LogP) is 1.20. The highest BCUT2D eigenvalue weighted by Gasteiger charge is 2.12. The molecule has 0 fully saturated rings. The minimum absolute atomic E-state index is 0.0973. The number of carbonyl (C=O) groups excluding carboxylic acids is 1. The van der Waals surface area contributed by atoms with Crippen molar-refractivity contribution < 1.29 is 19.4 Å². The van der Waals surface area contributed by atoms with Crippen molar-refractivity contribution in [3.63, 3.8) is 0 Å². The first-order valence-corrected chi connectivity index (χ1v) is 5.84. The number of amides is 1. The molecule has 5 heteroatoms. The Hall–Kier alpha value is -1.75. The summed E-state index contributed by atoms with van der Waals surface area (Å²) in [6, 6.07) is 4.69. The summed E-state index contributed by atoms with van der Waals surface area (Å²) in [6.45, 7) is 4.04. The summed E-state index contributed by atoms with van der Waals surface area (Å²) >= 11 is 0. The van der Waals surface area contributed by atoms with Crippen molar-refractivity contribution in [2.45, 2.75) is 19.9 Å². The number of aliphatic hydroxyl groups is 1. The van der Waals surface area contributed by atoms with E-state index in [1.807, 2.05) is 6.92 Å². The van der Waals surface area contributed by atoms with Gasteiger partial charge in [0, 0.05) is 11.6 Å². The van der Waals surface area contributed by atoms with Crippen molar-refractivity contribution in [3.05, 3.63) is 23.8 Å². The van der Waals surface area contributed by atoms with E-state index in [-0.39, 0.29) is 18.6 Å². The molecule has 1 amide bonds. The summed E-state index contributed by atoms with van der Waals surface area (Å²) in [5.74, 6) is 0.866. The maximum atomic E-state index is 11.8. The van der Waals surface area contributed by atoms with Crippen LogP contribution in [-0.2, 0) is 0 Å². The largest absolute Gasteiger partial charge is 0.493 e. The predicted molar refractivity (Wildman–Crippen MR) is 68.2 cm³/mol. The van der Waals surface area contributed by atoms with E-state index in [0.717, 1.165) is 0 Å². The van der Waals surface area contributed by atoms with Gasteiger partial charge >= 0.3 is 0 Å². The second-order valence-electron chi connectivity index (χ2n) is 3.86. The fourth-order valence-electron chi connectivity index (χ4n) is 1.44. The summed E-state index contributed by atoms with van der Waals surface area (Å²) in [7, 11) is 1.52. The van der Waals surface area contributed by atoms with Crippen molar-refractivity contribution in [2.24, 2.45) is 0 Å². The van der Waals surface area contributed by atoms with E-state index >= 15 is 0 Å². The van der Waals surface area contributed by atoms with Gasteiger partial charge in [0.15, 0.2) is 11.5 Å². The summed E-state index contributed by atoms with van der Waals surface area (Å²) in [4.78, 5) is 11.8. The second kappa shape index (κ2) is 6.86. The number of hydrogen-bond acceptors (Lipinski definition) is 4. The van der Waals surface area contributed by atoms with Crippen LogP contribution >= 0.6 is 0 Å². The second-order valence-corrected chi connectivity index (χ2v) is 3.86. The van der Waals surface area contributed by atoms with Crippen LogP contribution in [0.4, 0.5) is 0 Å². The topological polar surface area (TPSA) is 67.8 Å². The molecule has 100 valence electrons. The first-order chi connectivity index (χ1) is 8.62. The molecule has 0 radical (unpaired) electrons. The number of methoxy groups -OCH3 is 1. The van der Waals surface area contributed by atoms with Crippen molar-refractivity contribution in [1.82, 2.24) is 5.32 Å². The summed E-state index contributed by atoms with van der Waals surface area (Å²) in [5, 5.41) is 11.5. The lowest BCUT2D eigenvalue weighted by atomic mass is 10.1. The molecule has 0 heterocycles. The number of benzene rings is 1. The van der Waals surface area contributed by atoms with Crippen LogP contribution in [0.2, 0.25) is 0 Å². The van der Waals surface area contributed by atoms with Crippen LogP contribution in [-0.4, -0.2) is 37.4 Å². The quantitative estimate of drug-likeness (QED) is 0.799. The Morgan fingerprint density at radius 1 is 1.44 bits per heavy atom.